The number of nitrogens with zero attached hydrogens (tertiary/aromatic N) is 2. The fourth-order valence-corrected chi connectivity index (χ4v) is 3.71. The van der Waals surface area contributed by atoms with Crippen LogP contribution in [-0.2, 0) is 10.0 Å². The summed E-state index contributed by atoms with van der Waals surface area (Å²) in [5, 5.41) is 14.7. The molecule has 0 aromatic heterocycles. The van der Waals surface area contributed by atoms with Crippen molar-refractivity contribution in [1.82, 2.24) is 9.80 Å². The van der Waals surface area contributed by atoms with Crippen LogP contribution in [0, 0.1) is 18.8 Å². The number of sulfonamides is 1. The third kappa shape index (κ3) is 4.13. The van der Waals surface area contributed by atoms with Crippen molar-refractivity contribution in [2.24, 2.45) is 17.0 Å². The molecule has 0 saturated carbocycles. The first-order chi connectivity index (χ1) is 11.1. The fraction of sp³-hybridized carbons (Fsp3) is 0.562. The molecule has 8 heteroatoms. The molecule has 24 heavy (non-hydrogen) atoms. The van der Waals surface area contributed by atoms with E-state index in [-0.39, 0.29) is 29.2 Å². The maximum absolute atomic E-state index is 12.8. The Morgan fingerprint density at radius 1 is 1.33 bits per heavy atom. The van der Waals surface area contributed by atoms with Gasteiger partial charge in [0.25, 0.3) is 5.91 Å². The highest BCUT2D eigenvalue weighted by molar-refractivity contribution is 7.89. The van der Waals surface area contributed by atoms with Gasteiger partial charge in [-0.1, -0.05) is 6.07 Å². The van der Waals surface area contributed by atoms with Crippen LogP contribution in [0.5, 0.6) is 0 Å². The Morgan fingerprint density at radius 2 is 1.96 bits per heavy atom. The van der Waals surface area contributed by atoms with Crippen molar-refractivity contribution in [2.75, 3.05) is 40.3 Å². The predicted octanol–water partition coefficient (Wildman–Crippen LogP) is -0.115. The van der Waals surface area contributed by atoms with Crippen molar-refractivity contribution >= 4 is 15.9 Å². The van der Waals surface area contributed by atoms with Gasteiger partial charge in [-0.2, -0.15) is 0 Å². The minimum Gasteiger partial charge on any atom is -0.396 e. The van der Waals surface area contributed by atoms with Gasteiger partial charge in [-0.05, 0) is 44.6 Å². The van der Waals surface area contributed by atoms with Gasteiger partial charge in [0.1, 0.15) is 0 Å². The molecule has 0 bridgehead atoms. The number of nitrogens with two attached hydrogens (primary N) is 1. The van der Waals surface area contributed by atoms with E-state index in [9.17, 15) is 18.3 Å². The molecule has 0 radical (unpaired) electrons. The molecule has 1 saturated heterocycles. The van der Waals surface area contributed by atoms with Crippen LogP contribution < -0.4 is 5.14 Å². The number of carbonyl (C=O) groups excluding carboxylic acids is 1. The first-order valence-electron chi connectivity index (χ1n) is 7.81. The highest BCUT2D eigenvalue weighted by Gasteiger charge is 2.35. The number of hydrogen-bond acceptors (Lipinski definition) is 5. The third-order valence-corrected chi connectivity index (χ3v) is 5.38. The summed E-state index contributed by atoms with van der Waals surface area (Å²) in [6.07, 6.45) is 0. The highest BCUT2D eigenvalue weighted by atomic mass is 32.2. The van der Waals surface area contributed by atoms with E-state index in [2.05, 4.69) is 0 Å². The van der Waals surface area contributed by atoms with Crippen molar-refractivity contribution in [3.63, 3.8) is 0 Å². The largest absolute Gasteiger partial charge is 0.396 e. The van der Waals surface area contributed by atoms with Gasteiger partial charge in [-0.25, -0.2) is 13.6 Å². The zero-order chi connectivity index (χ0) is 18.1. The Morgan fingerprint density at radius 3 is 2.50 bits per heavy atom. The topological polar surface area (TPSA) is 104 Å². The number of likely N-dealkylation sites (tertiary alicyclic amines) is 1. The Kier molecular flexibility index (Phi) is 5.64. The van der Waals surface area contributed by atoms with Crippen LogP contribution >= 0.6 is 0 Å². The van der Waals surface area contributed by atoms with Gasteiger partial charge in [0, 0.05) is 37.7 Å². The quantitative estimate of drug-likeness (QED) is 0.767. The maximum Gasteiger partial charge on any atom is 0.254 e. The SMILES string of the molecule is Cc1ccc(S(N)(=O)=O)cc1C(=O)N1C[C@@H](CN(C)C)[C@@H](CO)C1. The van der Waals surface area contributed by atoms with E-state index >= 15 is 0 Å². The van der Waals surface area contributed by atoms with Gasteiger partial charge in [0.2, 0.25) is 10.0 Å². The van der Waals surface area contributed by atoms with E-state index in [0.717, 1.165) is 6.54 Å². The van der Waals surface area contributed by atoms with Gasteiger partial charge < -0.3 is 14.9 Å². The van der Waals surface area contributed by atoms with Gasteiger partial charge in [-0.3, -0.25) is 4.79 Å². The van der Waals surface area contributed by atoms with Crippen molar-refractivity contribution in [1.29, 1.82) is 0 Å². The van der Waals surface area contributed by atoms with Gasteiger partial charge in [0.15, 0.2) is 0 Å². The molecule has 1 aromatic carbocycles. The second-order valence-corrected chi connectivity index (χ2v) is 8.26. The predicted molar refractivity (Wildman–Crippen MR) is 91.1 cm³/mol. The van der Waals surface area contributed by atoms with Gasteiger partial charge >= 0.3 is 0 Å². The molecule has 7 nitrogen and oxygen atoms in total. The number of rotatable bonds is 5. The first kappa shape index (κ1) is 18.9. The molecule has 1 amide bonds. The number of amides is 1. The molecule has 2 rings (SSSR count). The second-order valence-electron chi connectivity index (χ2n) is 6.70. The minimum absolute atomic E-state index is 0.0260. The normalized spacial score (nSPS) is 21.5. The lowest BCUT2D eigenvalue weighted by molar-refractivity contribution is 0.0778. The van der Waals surface area contributed by atoms with Gasteiger partial charge in [-0.15, -0.1) is 0 Å². The van der Waals surface area contributed by atoms with E-state index in [1.807, 2.05) is 19.0 Å². The third-order valence-electron chi connectivity index (χ3n) is 4.47. The maximum atomic E-state index is 12.8. The lowest BCUT2D eigenvalue weighted by atomic mass is 9.97. The number of aryl methyl sites for hydroxylation is 1. The van der Waals surface area contributed by atoms with Gasteiger partial charge in [0.05, 0.1) is 4.90 Å². The Balaban J connectivity index is 2.26. The molecule has 1 heterocycles. The molecule has 1 aliphatic rings. The fourth-order valence-electron chi connectivity index (χ4n) is 3.17. The summed E-state index contributed by atoms with van der Waals surface area (Å²) in [6, 6.07) is 4.32. The van der Waals surface area contributed by atoms with E-state index in [1.165, 1.54) is 12.1 Å². The number of hydrogen-bond donors (Lipinski definition) is 2. The molecule has 0 spiro atoms. The lowest BCUT2D eigenvalue weighted by Gasteiger charge is -2.20. The number of carbonyl (C=O) groups is 1. The van der Waals surface area contributed by atoms with E-state index in [4.69, 9.17) is 5.14 Å². The molecule has 0 aliphatic carbocycles. The molecular weight excluding hydrogens is 330 g/mol. The average Bonchev–Trinajstić information content (AvgIpc) is 2.88. The summed E-state index contributed by atoms with van der Waals surface area (Å²) in [5.41, 5.74) is 1.03. The van der Waals surface area contributed by atoms with Crippen LogP contribution in [0.4, 0.5) is 0 Å². The van der Waals surface area contributed by atoms with E-state index in [0.29, 0.717) is 24.2 Å². The smallest absolute Gasteiger partial charge is 0.254 e. The highest BCUT2D eigenvalue weighted by Crippen LogP contribution is 2.26. The summed E-state index contributed by atoms with van der Waals surface area (Å²) in [4.78, 5) is 16.5. The summed E-state index contributed by atoms with van der Waals surface area (Å²) in [5.74, 6) is -0.00790. The molecule has 134 valence electrons. The first-order valence-corrected chi connectivity index (χ1v) is 9.36. The standard InChI is InChI=1S/C16H25N3O4S/c1-11-4-5-14(24(17,22)23)6-15(11)16(21)19-8-12(7-18(2)3)13(9-19)10-20/h4-6,12-13,20H,7-10H2,1-3H3,(H2,17,22,23)/t12-,13-/m1/s1. The monoisotopic (exact) mass is 355 g/mol. The molecule has 2 atom stereocenters. The van der Waals surface area contributed by atoms with Crippen molar-refractivity contribution in [2.45, 2.75) is 11.8 Å². The van der Waals surface area contributed by atoms with Crippen molar-refractivity contribution in [3.05, 3.63) is 29.3 Å². The molecule has 1 fully saturated rings. The molecule has 0 unspecified atom stereocenters. The minimum atomic E-state index is -3.86. The Labute approximate surface area is 143 Å². The van der Waals surface area contributed by atoms with Crippen LogP contribution in [0.1, 0.15) is 15.9 Å². The lowest BCUT2D eigenvalue weighted by Crippen LogP contribution is -2.31. The zero-order valence-corrected chi connectivity index (χ0v) is 15.1. The average molecular weight is 355 g/mol. The van der Waals surface area contributed by atoms with Crippen LogP contribution in [0.25, 0.3) is 0 Å². The zero-order valence-electron chi connectivity index (χ0n) is 14.3. The Bertz CT molecular complexity index is 718. The molecule has 1 aliphatic heterocycles. The number of benzene rings is 1. The van der Waals surface area contributed by atoms with Crippen molar-refractivity contribution < 1.29 is 18.3 Å². The summed E-state index contributed by atoms with van der Waals surface area (Å²) in [7, 11) is 0.0553. The van der Waals surface area contributed by atoms with E-state index in [1.54, 1.807) is 17.9 Å². The number of aliphatic hydroxyl groups is 1. The molecule has 3 N–H and O–H groups in total. The number of aliphatic hydroxyl groups excluding tert-OH is 1. The summed E-state index contributed by atoms with van der Waals surface area (Å²) < 4.78 is 23.1. The Hall–Kier alpha value is -1.48. The van der Waals surface area contributed by atoms with Crippen LogP contribution in [0.15, 0.2) is 23.1 Å². The van der Waals surface area contributed by atoms with E-state index < -0.39 is 10.0 Å². The van der Waals surface area contributed by atoms with Crippen LogP contribution in [0.3, 0.4) is 0 Å². The second kappa shape index (κ2) is 7.18. The van der Waals surface area contributed by atoms with Crippen LogP contribution in [0.2, 0.25) is 0 Å². The summed E-state index contributed by atoms with van der Waals surface area (Å²) in [6.45, 7) is 3.58. The van der Waals surface area contributed by atoms with Crippen LogP contribution in [-0.4, -0.2) is 69.6 Å². The summed E-state index contributed by atoms with van der Waals surface area (Å²) >= 11 is 0. The molecule has 1 aromatic rings. The number of primary sulfonamides is 1. The molecular formula is C16H25N3O4S. The van der Waals surface area contributed by atoms with Crippen molar-refractivity contribution in [3.8, 4) is 0 Å².